The highest BCUT2D eigenvalue weighted by atomic mass is 127. The Labute approximate surface area is 109 Å². The summed E-state index contributed by atoms with van der Waals surface area (Å²) < 4.78 is 0.813. The second-order valence-electron chi connectivity index (χ2n) is 3.60. The molecule has 80 valence electrons. The number of Topliss-reactive ketones (excluding diaryl/α,β-unsaturated/α-hetero) is 1. The van der Waals surface area contributed by atoms with E-state index in [1.165, 1.54) is 0 Å². The summed E-state index contributed by atoms with van der Waals surface area (Å²) in [7, 11) is 0. The van der Waals surface area contributed by atoms with E-state index in [0.29, 0.717) is 0 Å². The first-order valence-corrected chi connectivity index (χ1v) is 6.26. The van der Waals surface area contributed by atoms with Crippen LogP contribution >= 0.6 is 22.6 Å². The zero-order valence-corrected chi connectivity index (χ0v) is 10.9. The number of ketones is 1. The molecule has 0 fully saturated rings. The van der Waals surface area contributed by atoms with Crippen molar-refractivity contribution in [1.29, 1.82) is 0 Å². The second kappa shape index (κ2) is 5.28. The lowest BCUT2D eigenvalue weighted by atomic mass is 10.0. The fourth-order valence-electron chi connectivity index (χ4n) is 1.55. The molecule has 1 aromatic carbocycles. The number of carbonyl (C=O) groups is 1. The van der Waals surface area contributed by atoms with Gasteiger partial charge >= 0.3 is 0 Å². The standard InChI is InChI=1S/C14H11IO/c15-13-8-4-7-12(14(13)16)10-9-11-5-2-1-3-6-11/h1-3,5-6,8-9H,4,7H2. The highest BCUT2D eigenvalue weighted by Crippen LogP contribution is 2.23. The van der Waals surface area contributed by atoms with Crippen LogP contribution < -0.4 is 0 Å². The van der Waals surface area contributed by atoms with Crippen molar-refractivity contribution in [3.8, 4) is 0 Å². The van der Waals surface area contributed by atoms with Gasteiger partial charge in [0.05, 0.1) is 3.58 Å². The molecule has 1 aliphatic rings. The Morgan fingerprint density at radius 3 is 2.75 bits per heavy atom. The molecule has 0 unspecified atom stereocenters. The van der Waals surface area contributed by atoms with E-state index in [1.807, 2.05) is 42.5 Å². The molecule has 0 spiro atoms. The topological polar surface area (TPSA) is 17.1 Å². The number of hydrogen-bond donors (Lipinski definition) is 0. The molecule has 2 rings (SSSR count). The van der Waals surface area contributed by atoms with Crippen molar-refractivity contribution >= 4 is 34.5 Å². The van der Waals surface area contributed by atoms with Crippen LogP contribution in [0.25, 0.3) is 6.08 Å². The van der Waals surface area contributed by atoms with Crippen LogP contribution in [0.2, 0.25) is 0 Å². The van der Waals surface area contributed by atoms with E-state index in [4.69, 9.17) is 0 Å². The molecule has 0 bridgehead atoms. The van der Waals surface area contributed by atoms with Gasteiger partial charge in [-0.05, 0) is 47.1 Å². The first-order chi connectivity index (χ1) is 7.77. The predicted octanol–water partition coefficient (Wildman–Crippen LogP) is 3.91. The summed E-state index contributed by atoms with van der Waals surface area (Å²) in [4.78, 5) is 11.8. The van der Waals surface area contributed by atoms with E-state index in [0.717, 1.165) is 27.6 Å². The molecule has 0 aromatic heterocycles. The van der Waals surface area contributed by atoms with Gasteiger partial charge < -0.3 is 0 Å². The monoisotopic (exact) mass is 322 g/mol. The molecule has 0 N–H and O–H groups in total. The predicted molar refractivity (Wildman–Crippen MR) is 74.3 cm³/mol. The lowest BCUT2D eigenvalue weighted by Gasteiger charge is -2.07. The molecule has 1 aromatic rings. The van der Waals surface area contributed by atoms with Crippen molar-refractivity contribution in [3.63, 3.8) is 0 Å². The molecule has 0 saturated carbocycles. The van der Waals surface area contributed by atoms with Crippen molar-refractivity contribution in [2.45, 2.75) is 12.8 Å². The molecule has 2 heteroatoms. The minimum absolute atomic E-state index is 0.124. The van der Waals surface area contributed by atoms with Crippen LogP contribution in [0.3, 0.4) is 0 Å². The van der Waals surface area contributed by atoms with Crippen molar-refractivity contribution in [3.05, 3.63) is 56.9 Å². The number of rotatable bonds is 1. The van der Waals surface area contributed by atoms with Gasteiger partial charge in [-0.3, -0.25) is 4.79 Å². The zero-order chi connectivity index (χ0) is 11.4. The number of benzene rings is 1. The van der Waals surface area contributed by atoms with Gasteiger partial charge in [-0.15, -0.1) is 5.73 Å². The van der Waals surface area contributed by atoms with Gasteiger partial charge in [0.15, 0.2) is 0 Å². The summed E-state index contributed by atoms with van der Waals surface area (Å²) in [6, 6.07) is 9.93. The lowest BCUT2D eigenvalue weighted by Crippen LogP contribution is -2.05. The van der Waals surface area contributed by atoms with Crippen LogP contribution in [0.5, 0.6) is 0 Å². The van der Waals surface area contributed by atoms with Gasteiger partial charge in [-0.1, -0.05) is 36.4 Å². The van der Waals surface area contributed by atoms with Crippen LogP contribution in [-0.2, 0) is 4.79 Å². The summed E-state index contributed by atoms with van der Waals surface area (Å²) in [5.41, 5.74) is 4.98. The SMILES string of the molecule is O=C1C(=C=Cc2ccccc2)CCC=C1I. The summed E-state index contributed by atoms with van der Waals surface area (Å²) in [6.45, 7) is 0. The van der Waals surface area contributed by atoms with E-state index in [-0.39, 0.29) is 5.78 Å². The smallest absolute Gasteiger partial charge is 0.202 e. The van der Waals surface area contributed by atoms with Gasteiger partial charge in [-0.25, -0.2) is 0 Å². The van der Waals surface area contributed by atoms with Gasteiger partial charge in [-0.2, -0.15) is 0 Å². The minimum Gasteiger partial charge on any atom is -0.288 e. The molecular weight excluding hydrogens is 311 g/mol. The molecule has 1 aliphatic carbocycles. The van der Waals surface area contributed by atoms with Gasteiger partial charge in [0, 0.05) is 5.57 Å². The number of allylic oxidation sites excluding steroid dienone is 3. The van der Waals surface area contributed by atoms with Gasteiger partial charge in [0.1, 0.15) is 0 Å². The molecule has 0 amide bonds. The third kappa shape index (κ3) is 2.71. The zero-order valence-electron chi connectivity index (χ0n) is 8.74. The third-order valence-corrected chi connectivity index (χ3v) is 3.35. The van der Waals surface area contributed by atoms with Crippen LogP contribution in [-0.4, -0.2) is 5.78 Å². The number of carbonyl (C=O) groups excluding carboxylic acids is 1. The Morgan fingerprint density at radius 2 is 2.00 bits per heavy atom. The van der Waals surface area contributed by atoms with Gasteiger partial charge in [0.25, 0.3) is 0 Å². The average molecular weight is 322 g/mol. The third-order valence-electron chi connectivity index (χ3n) is 2.42. The van der Waals surface area contributed by atoms with Crippen LogP contribution in [0.15, 0.2) is 51.3 Å². The highest BCUT2D eigenvalue weighted by Gasteiger charge is 2.15. The summed E-state index contributed by atoms with van der Waals surface area (Å²) in [6.07, 6.45) is 5.60. The van der Waals surface area contributed by atoms with Crippen molar-refractivity contribution in [1.82, 2.24) is 0 Å². The quantitative estimate of drug-likeness (QED) is 0.435. The molecule has 1 nitrogen and oxygen atoms in total. The Bertz CT molecular complexity index is 491. The Kier molecular flexibility index (Phi) is 3.75. The fraction of sp³-hybridized carbons (Fsp3) is 0.143. The Hall–Kier alpha value is -1.12. The molecule has 0 saturated heterocycles. The molecule has 0 atom stereocenters. The maximum Gasteiger partial charge on any atom is 0.202 e. The van der Waals surface area contributed by atoms with Crippen LogP contribution in [0, 0.1) is 0 Å². The molecule has 0 aliphatic heterocycles. The first-order valence-electron chi connectivity index (χ1n) is 5.18. The summed E-state index contributed by atoms with van der Waals surface area (Å²) in [5, 5.41) is 0. The lowest BCUT2D eigenvalue weighted by molar-refractivity contribution is -0.111. The minimum atomic E-state index is 0.124. The maximum absolute atomic E-state index is 11.8. The van der Waals surface area contributed by atoms with Crippen molar-refractivity contribution < 1.29 is 4.79 Å². The van der Waals surface area contributed by atoms with E-state index in [1.54, 1.807) is 0 Å². The highest BCUT2D eigenvalue weighted by molar-refractivity contribution is 14.1. The summed E-state index contributed by atoms with van der Waals surface area (Å²) in [5.74, 6) is 0.124. The number of halogens is 1. The largest absolute Gasteiger partial charge is 0.288 e. The first kappa shape index (κ1) is 11.4. The van der Waals surface area contributed by atoms with Crippen molar-refractivity contribution in [2.75, 3.05) is 0 Å². The van der Waals surface area contributed by atoms with E-state index >= 15 is 0 Å². The molecule has 0 radical (unpaired) electrons. The molecule has 16 heavy (non-hydrogen) atoms. The number of hydrogen-bond acceptors (Lipinski definition) is 1. The van der Waals surface area contributed by atoms with Crippen LogP contribution in [0.1, 0.15) is 18.4 Å². The fourth-order valence-corrected chi connectivity index (χ4v) is 2.19. The van der Waals surface area contributed by atoms with Crippen LogP contribution in [0.4, 0.5) is 0 Å². The maximum atomic E-state index is 11.8. The molecular formula is C14H11IO. The molecule has 0 heterocycles. The van der Waals surface area contributed by atoms with E-state index < -0.39 is 0 Å². The average Bonchev–Trinajstić information content (AvgIpc) is 2.32. The Balaban J connectivity index is 2.29. The van der Waals surface area contributed by atoms with E-state index in [2.05, 4.69) is 28.3 Å². The van der Waals surface area contributed by atoms with E-state index in [9.17, 15) is 4.79 Å². The normalized spacial score (nSPS) is 15.4. The summed E-state index contributed by atoms with van der Waals surface area (Å²) >= 11 is 2.09. The Morgan fingerprint density at radius 1 is 1.25 bits per heavy atom. The second-order valence-corrected chi connectivity index (χ2v) is 4.76. The van der Waals surface area contributed by atoms with Gasteiger partial charge in [0.2, 0.25) is 5.78 Å². The van der Waals surface area contributed by atoms with Crippen molar-refractivity contribution in [2.24, 2.45) is 0 Å².